The van der Waals surface area contributed by atoms with Gasteiger partial charge in [-0.25, -0.2) is 14.5 Å². The molecule has 8 heteroatoms. The molecule has 0 spiro atoms. The van der Waals surface area contributed by atoms with E-state index in [1.54, 1.807) is 11.7 Å². The molecule has 0 aliphatic carbocycles. The average molecular weight is 318 g/mol. The summed E-state index contributed by atoms with van der Waals surface area (Å²) in [5.74, 6) is 0.654. The number of nitrogens with one attached hydrogen (secondary N) is 1. The van der Waals surface area contributed by atoms with Crippen LogP contribution >= 0.6 is 0 Å². The largest absolute Gasteiger partial charge is 0.325 e. The molecule has 124 valence electrons. The van der Waals surface area contributed by atoms with E-state index in [4.69, 9.17) is 0 Å². The van der Waals surface area contributed by atoms with Crippen molar-refractivity contribution in [3.63, 3.8) is 0 Å². The normalized spacial score (nSPS) is 24.2. The van der Waals surface area contributed by atoms with Crippen LogP contribution in [0.1, 0.15) is 25.2 Å². The summed E-state index contributed by atoms with van der Waals surface area (Å²) in [5.41, 5.74) is 1.83. The maximum Gasteiger partial charge on any atom is 0.325 e. The van der Waals surface area contributed by atoms with Crippen molar-refractivity contribution in [2.75, 3.05) is 13.6 Å². The monoisotopic (exact) mass is 318 g/mol. The molecule has 3 heterocycles. The molecule has 3 amide bonds. The van der Waals surface area contributed by atoms with Gasteiger partial charge in [-0.15, -0.1) is 0 Å². The van der Waals surface area contributed by atoms with Gasteiger partial charge in [-0.1, -0.05) is 13.8 Å². The van der Waals surface area contributed by atoms with Gasteiger partial charge in [0.15, 0.2) is 12.2 Å². The Labute approximate surface area is 135 Å². The lowest BCUT2D eigenvalue weighted by Gasteiger charge is -2.36. The standard InChI is InChI=1S/C15H22N6O2/c1-8(2)7-20-11-12(19(5)15(23)17-13(11)22)16-14(20)21-10(4)6-9(3)18-21/h6,8,11-12H,7H2,1-5H3,(H,17,22,23). The lowest BCUT2D eigenvalue weighted by Crippen LogP contribution is -2.64. The van der Waals surface area contributed by atoms with Crippen LogP contribution in [0.15, 0.2) is 11.1 Å². The SMILES string of the molecule is Cc1cc(C)n(C2=NC3C(C(=O)NC(=O)N3C)N2CC(C)C)n1. The third kappa shape index (κ3) is 2.47. The predicted molar refractivity (Wildman–Crippen MR) is 85.0 cm³/mol. The van der Waals surface area contributed by atoms with Crippen LogP contribution in [0.3, 0.4) is 0 Å². The number of urea groups is 1. The number of amides is 3. The number of imide groups is 1. The van der Waals surface area contributed by atoms with Crippen molar-refractivity contribution < 1.29 is 9.59 Å². The molecular weight excluding hydrogens is 296 g/mol. The van der Waals surface area contributed by atoms with E-state index >= 15 is 0 Å². The molecule has 0 bridgehead atoms. The van der Waals surface area contributed by atoms with Crippen molar-refractivity contribution in [3.05, 3.63) is 17.5 Å². The lowest BCUT2D eigenvalue weighted by molar-refractivity contribution is -0.127. The topological polar surface area (TPSA) is 82.8 Å². The zero-order valence-electron chi connectivity index (χ0n) is 14.1. The summed E-state index contributed by atoms with van der Waals surface area (Å²) in [4.78, 5) is 32.3. The van der Waals surface area contributed by atoms with Gasteiger partial charge in [0, 0.05) is 19.3 Å². The zero-order chi connectivity index (χ0) is 16.9. The fourth-order valence-electron chi connectivity index (χ4n) is 3.11. The van der Waals surface area contributed by atoms with E-state index in [1.807, 2.05) is 24.8 Å². The summed E-state index contributed by atoms with van der Waals surface area (Å²) in [6, 6.07) is 1.03. The summed E-state index contributed by atoms with van der Waals surface area (Å²) in [5, 5.41) is 6.88. The van der Waals surface area contributed by atoms with Crippen molar-refractivity contribution in [3.8, 4) is 0 Å². The van der Waals surface area contributed by atoms with Crippen molar-refractivity contribution >= 4 is 17.9 Å². The number of rotatable bonds is 2. The van der Waals surface area contributed by atoms with Gasteiger partial charge in [0.1, 0.15) is 0 Å². The van der Waals surface area contributed by atoms with Gasteiger partial charge in [-0.2, -0.15) is 5.10 Å². The molecule has 1 aromatic heterocycles. The van der Waals surface area contributed by atoms with Crippen LogP contribution in [0.25, 0.3) is 0 Å². The third-order valence-electron chi connectivity index (χ3n) is 4.10. The lowest BCUT2D eigenvalue weighted by atomic mass is 10.1. The highest BCUT2D eigenvalue weighted by Crippen LogP contribution is 2.26. The maximum absolute atomic E-state index is 12.4. The summed E-state index contributed by atoms with van der Waals surface area (Å²) in [6.07, 6.45) is -0.520. The van der Waals surface area contributed by atoms with Gasteiger partial charge >= 0.3 is 6.03 Å². The van der Waals surface area contributed by atoms with Crippen LogP contribution < -0.4 is 5.32 Å². The molecule has 2 aliphatic rings. The number of aliphatic imine (C=N–C) groups is 1. The van der Waals surface area contributed by atoms with Crippen molar-refractivity contribution in [2.45, 2.75) is 39.9 Å². The Kier molecular flexibility index (Phi) is 3.62. The Bertz CT molecular complexity index is 692. The number of aryl methyl sites for hydroxylation is 2. The fourth-order valence-corrected chi connectivity index (χ4v) is 3.11. The molecule has 2 atom stereocenters. The summed E-state index contributed by atoms with van der Waals surface area (Å²) in [7, 11) is 1.65. The van der Waals surface area contributed by atoms with E-state index < -0.39 is 18.2 Å². The molecule has 1 fully saturated rings. The molecule has 1 N–H and O–H groups in total. The van der Waals surface area contributed by atoms with Crippen LogP contribution in [0, 0.1) is 19.8 Å². The van der Waals surface area contributed by atoms with E-state index in [2.05, 4.69) is 29.3 Å². The van der Waals surface area contributed by atoms with Crippen molar-refractivity contribution in [2.24, 2.45) is 10.9 Å². The molecular formula is C15H22N6O2. The molecule has 2 aliphatic heterocycles. The van der Waals surface area contributed by atoms with Crippen LogP contribution in [0.2, 0.25) is 0 Å². The summed E-state index contributed by atoms with van der Waals surface area (Å²) in [6.45, 7) is 8.70. The average Bonchev–Trinajstić information content (AvgIpc) is 2.96. The van der Waals surface area contributed by atoms with Crippen LogP contribution in [0.5, 0.6) is 0 Å². The van der Waals surface area contributed by atoms with Crippen LogP contribution in [-0.2, 0) is 4.79 Å². The van der Waals surface area contributed by atoms with Crippen molar-refractivity contribution in [1.29, 1.82) is 0 Å². The molecule has 3 rings (SSSR count). The Morgan fingerprint density at radius 3 is 2.57 bits per heavy atom. The smallest absolute Gasteiger partial charge is 0.325 e. The molecule has 8 nitrogen and oxygen atoms in total. The molecule has 0 radical (unpaired) electrons. The number of nitrogens with zero attached hydrogens (tertiary/aromatic N) is 5. The third-order valence-corrected chi connectivity index (χ3v) is 4.10. The van der Waals surface area contributed by atoms with E-state index in [1.165, 1.54) is 4.90 Å². The van der Waals surface area contributed by atoms with E-state index in [0.717, 1.165) is 11.4 Å². The van der Waals surface area contributed by atoms with Gasteiger partial charge in [0.2, 0.25) is 5.96 Å². The first-order chi connectivity index (χ1) is 10.8. The second-order valence-corrected chi connectivity index (χ2v) is 6.58. The quantitative estimate of drug-likeness (QED) is 0.863. The Hall–Kier alpha value is -2.38. The number of fused-ring (bicyclic) bond motifs is 1. The van der Waals surface area contributed by atoms with Gasteiger partial charge in [0.05, 0.1) is 5.69 Å². The van der Waals surface area contributed by atoms with Gasteiger partial charge < -0.3 is 9.80 Å². The minimum atomic E-state index is -0.520. The zero-order valence-corrected chi connectivity index (χ0v) is 14.1. The first-order valence-electron chi connectivity index (χ1n) is 7.75. The highest BCUT2D eigenvalue weighted by atomic mass is 16.2. The minimum absolute atomic E-state index is 0.306. The maximum atomic E-state index is 12.4. The first kappa shape index (κ1) is 15.5. The molecule has 2 unspecified atom stereocenters. The van der Waals surface area contributed by atoms with Gasteiger partial charge in [0.25, 0.3) is 5.91 Å². The second kappa shape index (κ2) is 5.36. The minimum Gasteiger partial charge on any atom is -0.325 e. The van der Waals surface area contributed by atoms with E-state index in [-0.39, 0.29) is 5.91 Å². The number of carbonyl (C=O) groups excluding carboxylic acids is 2. The molecule has 1 saturated heterocycles. The number of aromatic nitrogens is 2. The highest BCUT2D eigenvalue weighted by molar-refractivity contribution is 6.04. The van der Waals surface area contributed by atoms with Crippen LogP contribution in [0.4, 0.5) is 4.79 Å². The number of carbonyl (C=O) groups is 2. The van der Waals surface area contributed by atoms with Crippen LogP contribution in [-0.4, -0.2) is 63.3 Å². The Balaban J connectivity index is 2.06. The fraction of sp³-hybridized carbons (Fsp3) is 0.600. The molecule has 0 aromatic carbocycles. The molecule has 23 heavy (non-hydrogen) atoms. The van der Waals surface area contributed by atoms with E-state index in [9.17, 15) is 9.59 Å². The first-order valence-corrected chi connectivity index (χ1v) is 7.75. The van der Waals surface area contributed by atoms with Crippen molar-refractivity contribution in [1.82, 2.24) is 24.9 Å². The molecule has 0 saturated carbocycles. The summed E-state index contributed by atoms with van der Waals surface area (Å²) < 4.78 is 1.75. The number of likely N-dealkylation sites (N-methyl/N-ethyl adjacent to an activating group) is 1. The number of hydrogen-bond acceptors (Lipinski definition) is 5. The summed E-state index contributed by atoms with van der Waals surface area (Å²) >= 11 is 0. The van der Waals surface area contributed by atoms with Gasteiger partial charge in [-0.3, -0.25) is 10.1 Å². The number of hydrogen-bond donors (Lipinski definition) is 1. The van der Waals surface area contributed by atoms with E-state index in [0.29, 0.717) is 18.4 Å². The second-order valence-electron chi connectivity index (χ2n) is 6.58. The highest BCUT2D eigenvalue weighted by Gasteiger charge is 2.49. The predicted octanol–water partition coefficient (Wildman–Crippen LogP) is 0.552. The Morgan fingerprint density at radius 2 is 2.00 bits per heavy atom. The molecule has 1 aromatic rings. The van der Waals surface area contributed by atoms with Gasteiger partial charge in [-0.05, 0) is 25.8 Å². The Morgan fingerprint density at radius 1 is 1.30 bits per heavy atom.